The Labute approximate surface area is 66.8 Å². The van der Waals surface area contributed by atoms with Crippen LogP contribution in [-0.4, -0.2) is 24.7 Å². The number of hydroxylamine groups is 1. The lowest BCUT2D eigenvalue weighted by Crippen LogP contribution is -2.39. The number of alkyl halides is 3. The molecule has 0 aliphatic heterocycles. The van der Waals surface area contributed by atoms with Gasteiger partial charge in [0.2, 0.25) is 0 Å². The first-order valence-corrected chi connectivity index (χ1v) is 3.07. The molecule has 0 aromatic heterocycles. The topological polar surface area (TPSA) is 64.4 Å². The minimum absolute atomic E-state index is 0.792. The molecule has 4 nitrogen and oxygen atoms in total. The van der Waals surface area contributed by atoms with Gasteiger partial charge >= 0.3 is 6.18 Å². The van der Waals surface area contributed by atoms with Gasteiger partial charge in [-0.05, 0) is 6.92 Å². The monoisotopic (exact) mass is 186 g/mol. The first-order chi connectivity index (χ1) is 5.33. The van der Waals surface area contributed by atoms with Gasteiger partial charge in [-0.2, -0.15) is 13.2 Å². The molecule has 0 fully saturated rings. The van der Waals surface area contributed by atoms with E-state index in [1.165, 1.54) is 6.92 Å². The number of halogens is 3. The van der Waals surface area contributed by atoms with Gasteiger partial charge in [0, 0.05) is 0 Å². The van der Waals surface area contributed by atoms with E-state index >= 15 is 0 Å². The van der Waals surface area contributed by atoms with E-state index in [0.717, 1.165) is 0 Å². The molecule has 1 unspecified atom stereocenters. The molecule has 12 heavy (non-hydrogen) atoms. The van der Waals surface area contributed by atoms with Crippen molar-refractivity contribution in [1.82, 2.24) is 5.48 Å². The van der Waals surface area contributed by atoms with Crippen molar-refractivity contribution in [2.24, 2.45) is 5.73 Å². The van der Waals surface area contributed by atoms with E-state index in [0.29, 0.717) is 0 Å². The maximum atomic E-state index is 11.4. The van der Waals surface area contributed by atoms with E-state index < -0.39 is 24.7 Å². The fraction of sp³-hybridized carbons (Fsp3) is 0.800. The Bertz CT molecular complexity index is 157. The van der Waals surface area contributed by atoms with Crippen LogP contribution in [0.25, 0.3) is 0 Å². The first kappa shape index (κ1) is 11.2. The molecule has 0 radical (unpaired) electrons. The van der Waals surface area contributed by atoms with Gasteiger partial charge in [0.25, 0.3) is 5.91 Å². The van der Waals surface area contributed by atoms with Gasteiger partial charge in [-0.3, -0.25) is 9.63 Å². The molecule has 1 amide bonds. The van der Waals surface area contributed by atoms with E-state index in [2.05, 4.69) is 4.84 Å². The van der Waals surface area contributed by atoms with Gasteiger partial charge in [0.1, 0.15) is 0 Å². The predicted octanol–water partition coefficient (Wildman–Crippen LogP) is -0.0563. The normalized spacial score (nSPS) is 14.1. The van der Waals surface area contributed by atoms with Crippen molar-refractivity contribution in [2.45, 2.75) is 19.1 Å². The molecule has 0 spiro atoms. The Morgan fingerprint density at radius 3 is 2.50 bits per heavy atom. The molecule has 0 saturated heterocycles. The SMILES string of the molecule is CC(N)C(=O)NOCC(F)(F)F. The number of amides is 1. The van der Waals surface area contributed by atoms with Crippen molar-refractivity contribution in [2.75, 3.05) is 6.61 Å². The number of hydrogen-bond acceptors (Lipinski definition) is 3. The Balaban J connectivity index is 3.51. The summed E-state index contributed by atoms with van der Waals surface area (Å²) in [4.78, 5) is 14.3. The molecule has 0 aromatic rings. The summed E-state index contributed by atoms with van der Waals surface area (Å²) in [5, 5.41) is 0. The summed E-state index contributed by atoms with van der Waals surface area (Å²) in [6, 6.07) is -0.891. The van der Waals surface area contributed by atoms with E-state index in [9.17, 15) is 18.0 Å². The average Bonchev–Trinajstić information content (AvgIpc) is 1.84. The highest BCUT2D eigenvalue weighted by Gasteiger charge is 2.28. The minimum atomic E-state index is -4.45. The third-order valence-corrected chi connectivity index (χ3v) is 0.822. The maximum Gasteiger partial charge on any atom is 0.414 e. The standard InChI is InChI=1S/C5H9F3N2O2/c1-3(9)4(11)10-12-2-5(6,7)8/h3H,2,9H2,1H3,(H,10,11). The smallest absolute Gasteiger partial charge is 0.320 e. The van der Waals surface area contributed by atoms with Crippen LogP contribution in [-0.2, 0) is 9.63 Å². The third-order valence-electron chi connectivity index (χ3n) is 0.822. The zero-order chi connectivity index (χ0) is 9.78. The third kappa shape index (κ3) is 5.93. The average molecular weight is 186 g/mol. The zero-order valence-electron chi connectivity index (χ0n) is 6.31. The number of carbonyl (C=O) groups is 1. The van der Waals surface area contributed by atoms with Crippen molar-refractivity contribution >= 4 is 5.91 Å². The van der Waals surface area contributed by atoms with Crippen molar-refractivity contribution in [3.8, 4) is 0 Å². The van der Waals surface area contributed by atoms with Crippen molar-refractivity contribution in [3.63, 3.8) is 0 Å². The molecular weight excluding hydrogens is 177 g/mol. The lowest BCUT2D eigenvalue weighted by molar-refractivity contribution is -0.192. The first-order valence-electron chi connectivity index (χ1n) is 3.07. The number of rotatable bonds is 3. The van der Waals surface area contributed by atoms with Crippen LogP contribution < -0.4 is 11.2 Å². The molecule has 1 atom stereocenters. The number of nitrogens with one attached hydrogen (secondary N) is 1. The van der Waals surface area contributed by atoms with Gasteiger partial charge in [-0.25, -0.2) is 5.48 Å². The fourth-order valence-corrected chi connectivity index (χ4v) is 0.282. The van der Waals surface area contributed by atoms with Crippen LogP contribution in [0, 0.1) is 0 Å². The molecule has 7 heteroatoms. The molecule has 0 aliphatic carbocycles. The second-order valence-corrected chi connectivity index (χ2v) is 2.16. The quantitative estimate of drug-likeness (QED) is 0.607. The second-order valence-electron chi connectivity index (χ2n) is 2.16. The Morgan fingerprint density at radius 1 is 1.67 bits per heavy atom. The Hall–Kier alpha value is -0.820. The highest BCUT2D eigenvalue weighted by Crippen LogP contribution is 2.13. The van der Waals surface area contributed by atoms with Gasteiger partial charge < -0.3 is 5.73 Å². The van der Waals surface area contributed by atoms with Gasteiger partial charge in [0.15, 0.2) is 6.61 Å². The lowest BCUT2D eigenvalue weighted by atomic mass is 10.4. The van der Waals surface area contributed by atoms with Gasteiger partial charge in [0.05, 0.1) is 6.04 Å². The highest BCUT2D eigenvalue weighted by atomic mass is 19.4. The van der Waals surface area contributed by atoms with E-state index in [1.807, 2.05) is 0 Å². The van der Waals surface area contributed by atoms with E-state index in [4.69, 9.17) is 5.73 Å². The van der Waals surface area contributed by atoms with Crippen LogP contribution in [0.5, 0.6) is 0 Å². The number of hydrogen-bond donors (Lipinski definition) is 2. The van der Waals surface area contributed by atoms with Crippen molar-refractivity contribution in [1.29, 1.82) is 0 Å². The van der Waals surface area contributed by atoms with Gasteiger partial charge in [-0.1, -0.05) is 0 Å². The minimum Gasteiger partial charge on any atom is -0.320 e. The summed E-state index contributed by atoms with van der Waals surface area (Å²) in [5.74, 6) is -0.792. The number of nitrogens with two attached hydrogens (primary N) is 1. The molecule has 0 saturated carbocycles. The molecule has 3 N–H and O–H groups in total. The summed E-state index contributed by atoms with van der Waals surface area (Å²) in [7, 11) is 0. The van der Waals surface area contributed by atoms with Crippen LogP contribution in [0.4, 0.5) is 13.2 Å². The molecular formula is C5H9F3N2O2. The molecule has 0 bridgehead atoms. The molecule has 0 aliphatic rings. The van der Waals surface area contributed by atoms with Crippen LogP contribution in [0.15, 0.2) is 0 Å². The van der Waals surface area contributed by atoms with Crippen LogP contribution in [0.1, 0.15) is 6.92 Å². The second kappa shape index (κ2) is 4.27. The van der Waals surface area contributed by atoms with Crippen LogP contribution in [0.3, 0.4) is 0 Å². The largest absolute Gasteiger partial charge is 0.414 e. The van der Waals surface area contributed by atoms with Crippen LogP contribution >= 0.6 is 0 Å². The van der Waals surface area contributed by atoms with E-state index in [-0.39, 0.29) is 0 Å². The summed E-state index contributed by atoms with van der Waals surface area (Å²) >= 11 is 0. The van der Waals surface area contributed by atoms with Crippen molar-refractivity contribution < 1.29 is 22.8 Å². The molecule has 0 aromatic carbocycles. The maximum absolute atomic E-state index is 11.4. The molecule has 72 valence electrons. The Kier molecular flexibility index (Phi) is 3.98. The lowest BCUT2D eigenvalue weighted by Gasteiger charge is -2.09. The molecule has 0 rings (SSSR count). The van der Waals surface area contributed by atoms with Crippen molar-refractivity contribution in [3.05, 3.63) is 0 Å². The summed E-state index contributed by atoms with van der Waals surface area (Å²) in [6.45, 7) is -0.197. The predicted molar refractivity (Wildman–Crippen MR) is 33.8 cm³/mol. The molecule has 0 heterocycles. The zero-order valence-corrected chi connectivity index (χ0v) is 6.31. The van der Waals surface area contributed by atoms with Gasteiger partial charge in [-0.15, -0.1) is 0 Å². The van der Waals surface area contributed by atoms with Crippen LogP contribution in [0.2, 0.25) is 0 Å². The summed E-state index contributed by atoms with van der Waals surface area (Å²) < 4.78 is 34.2. The summed E-state index contributed by atoms with van der Waals surface area (Å²) in [6.07, 6.45) is -4.45. The highest BCUT2D eigenvalue weighted by molar-refractivity contribution is 5.79. The Morgan fingerprint density at radius 2 is 2.17 bits per heavy atom. The summed E-state index contributed by atoms with van der Waals surface area (Å²) in [5.41, 5.74) is 6.57. The fourth-order valence-electron chi connectivity index (χ4n) is 0.282. The van der Waals surface area contributed by atoms with E-state index in [1.54, 1.807) is 5.48 Å². The number of carbonyl (C=O) groups excluding carboxylic acids is 1.